The smallest absolute Gasteiger partial charge is 0.0664 e. The first kappa shape index (κ1) is 14.3. The van der Waals surface area contributed by atoms with E-state index < -0.39 is 0 Å². The molecule has 0 unspecified atom stereocenters. The first-order valence-corrected chi connectivity index (χ1v) is 8.05. The summed E-state index contributed by atoms with van der Waals surface area (Å²) in [6, 6.07) is 15.0. The monoisotopic (exact) mass is 388 g/mol. The van der Waals surface area contributed by atoms with Gasteiger partial charge in [0.15, 0.2) is 0 Å². The van der Waals surface area contributed by atoms with Crippen molar-refractivity contribution in [1.29, 1.82) is 0 Å². The molecule has 0 radical (unpaired) electrons. The van der Waals surface area contributed by atoms with Gasteiger partial charge in [0, 0.05) is 15.3 Å². The average molecular weight is 388 g/mol. The predicted octanol–water partition coefficient (Wildman–Crippen LogP) is 4.82. The number of hydrogen-bond acceptors (Lipinski definition) is 1. The van der Waals surface area contributed by atoms with E-state index in [0.717, 1.165) is 12.1 Å². The van der Waals surface area contributed by atoms with Crippen LogP contribution in [-0.2, 0) is 6.54 Å². The Bertz CT molecular complexity index is 737. The van der Waals surface area contributed by atoms with Crippen LogP contribution in [0.5, 0.6) is 0 Å². The van der Waals surface area contributed by atoms with Crippen molar-refractivity contribution in [2.24, 2.45) is 0 Å². The lowest BCUT2D eigenvalue weighted by atomic mass is 10.0. The molecule has 0 atom stereocenters. The number of rotatable bonds is 3. The minimum absolute atomic E-state index is 0.822. The zero-order chi connectivity index (χ0) is 14.8. The third-order valence-corrected chi connectivity index (χ3v) is 4.49. The Labute approximate surface area is 139 Å². The maximum atomic E-state index is 4.51. The number of benzene rings is 2. The van der Waals surface area contributed by atoms with E-state index in [1.54, 1.807) is 0 Å². The molecule has 3 rings (SSSR count). The lowest BCUT2D eigenvalue weighted by Gasteiger charge is -2.09. The molecule has 1 heterocycles. The van der Waals surface area contributed by atoms with Crippen LogP contribution in [0.1, 0.15) is 16.7 Å². The van der Waals surface area contributed by atoms with Gasteiger partial charge in [-0.25, -0.2) is 0 Å². The van der Waals surface area contributed by atoms with Gasteiger partial charge in [-0.15, -0.1) is 0 Å². The molecule has 0 bridgehead atoms. The highest BCUT2D eigenvalue weighted by Crippen LogP contribution is 2.21. The Morgan fingerprint density at radius 1 is 0.952 bits per heavy atom. The molecule has 106 valence electrons. The van der Waals surface area contributed by atoms with Crippen molar-refractivity contribution in [3.8, 4) is 11.1 Å². The molecule has 0 aliphatic rings. The van der Waals surface area contributed by atoms with Crippen molar-refractivity contribution in [2.75, 3.05) is 0 Å². The first-order chi connectivity index (χ1) is 10.1. The fourth-order valence-electron chi connectivity index (χ4n) is 2.50. The van der Waals surface area contributed by atoms with Gasteiger partial charge in [-0.3, -0.25) is 4.68 Å². The molecule has 0 aliphatic heterocycles. The third-order valence-electron chi connectivity index (χ3n) is 3.78. The molecular weight excluding hydrogens is 371 g/mol. The van der Waals surface area contributed by atoms with E-state index in [1.165, 1.54) is 25.8 Å². The van der Waals surface area contributed by atoms with E-state index in [-0.39, 0.29) is 0 Å². The maximum Gasteiger partial charge on any atom is 0.0664 e. The normalized spacial score (nSPS) is 10.8. The Morgan fingerprint density at radius 2 is 1.62 bits per heavy atom. The molecule has 0 saturated carbocycles. The minimum atomic E-state index is 0.822. The Balaban J connectivity index is 1.87. The molecule has 0 spiro atoms. The van der Waals surface area contributed by atoms with Crippen LogP contribution >= 0.6 is 22.6 Å². The fraction of sp³-hybridized carbons (Fsp3) is 0.167. The molecule has 0 amide bonds. The van der Waals surface area contributed by atoms with Crippen molar-refractivity contribution in [1.82, 2.24) is 9.78 Å². The molecular formula is C18H17IN2. The summed E-state index contributed by atoms with van der Waals surface area (Å²) >= 11 is 2.32. The van der Waals surface area contributed by atoms with Crippen molar-refractivity contribution in [2.45, 2.75) is 20.4 Å². The van der Waals surface area contributed by atoms with Crippen molar-refractivity contribution in [3.05, 3.63) is 75.1 Å². The molecule has 2 aromatic carbocycles. The molecule has 0 saturated heterocycles. The van der Waals surface area contributed by atoms with E-state index in [4.69, 9.17) is 0 Å². The summed E-state index contributed by atoms with van der Waals surface area (Å²) in [4.78, 5) is 0. The summed E-state index contributed by atoms with van der Waals surface area (Å²) in [5, 5.41) is 4.51. The predicted molar refractivity (Wildman–Crippen MR) is 95.4 cm³/mol. The quantitative estimate of drug-likeness (QED) is 0.589. The van der Waals surface area contributed by atoms with E-state index in [2.05, 4.69) is 90.2 Å². The lowest BCUT2D eigenvalue weighted by Crippen LogP contribution is -2.03. The highest BCUT2D eigenvalue weighted by Gasteiger charge is 2.06. The van der Waals surface area contributed by atoms with Crippen LogP contribution in [0.2, 0.25) is 0 Å². The Kier molecular flexibility index (Phi) is 4.10. The molecule has 0 fully saturated rings. The number of aryl methyl sites for hydroxylation is 2. The lowest BCUT2D eigenvalue weighted by molar-refractivity contribution is 0.681. The van der Waals surface area contributed by atoms with Gasteiger partial charge in [0.25, 0.3) is 0 Å². The van der Waals surface area contributed by atoms with Gasteiger partial charge >= 0.3 is 0 Å². The topological polar surface area (TPSA) is 17.8 Å². The van der Waals surface area contributed by atoms with E-state index in [0.29, 0.717) is 0 Å². The first-order valence-electron chi connectivity index (χ1n) is 6.97. The summed E-state index contributed by atoms with van der Waals surface area (Å²) in [6.45, 7) is 5.14. The highest BCUT2D eigenvalue weighted by atomic mass is 127. The average Bonchev–Trinajstić information content (AvgIpc) is 2.92. The van der Waals surface area contributed by atoms with E-state index in [9.17, 15) is 0 Å². The number of hydrogen-bond donors (Lipinski definition) is 0. The van der Waals surface area contributed by atoms with Gasteiger partial charge in [-0.2, -0.15) is 5.10 Å². The van der Waals surface area contributed by atoms with Gasteiger partial charge in [-0.1, -0.05) is 30.3 Å². The van der Waals surface area contributed by atoms with Crippen molar-refractivity contribution < 1.29 is 0 Å². The van der Waals surface area contributed by atoms with Crippen LogP contribution in [0.15, 0.2) is 54.9 Å². The summed E-state index contributed by atoms with van der Waals surface area (Å²) < 4.78 is 3.27. The molecule has 0 N–H and O–H groups in total. The fourth-order valence-corrected chi connectivity index (χ4v) is 2.86. The molecule has 3 aromatic rings. The summed E-state index contributed by atoms with van der Waals surface area (Å²) in [6.07, 6.45) is 4.06. The second-order valence-electron chi connectivity index (χ2n) is 5.30. The third kappa shape index (κ3) is 3.18. The Hall–Kier alpha value is -1.62. The van der Waals surface area contributed by atoms with E-state index >= 15 is 0 Å². The number of halogens is 1. The van der Waals surface area contributed by atoms with Crippen LogP contribution in [-0.4, -0.2) is 9.78 Å². The van der Waals surface area contributed by atoms with Gasteiger partial charge in [-0.05, 0) is 70.8 Å². The Morgan fingerprint density at radius 3 is 2.29 bits per heavy atom. The molecule has 21 heavy (non-hydrogen) atoms. The zero-order valence-corrected chi connectivity index (χ0v) is 14.3. The van der Waals surface area contributed by atoms with Crippen molar-refractivity contribution >= 4 is 22.6 Å². The standard InChI is InChI=1S/C18H17IN2/c1-13-4-3-5-14(2)18(13)12-21-11-16(10-20-21)15-6-8-17(19)9-7-15/h3-11H,12H2,1-2H3. The van der Waals surface area contributed by atoms with Gasteiger partial charge in [0.1, 0.15) is 0 Å². The summed E-state index contributed by atoms with van der Waals surface area (Å²) in [5.74, 6) is 0. The van der Waals surface area contributed by atoms with Crippen LogP contribution in [0, 0.1) is 17.4 Å². The SMILES string of the molecule is Cc1cccc(C)c1Cn1cc(-c2ccc(I)cc2)cn1. The second-order valence-corrected chi connectivity index (χ2v) is 6.55. The van der Waals surface area contributed by atoms with Gasteiger partial charge in [0.2, 0.25) is 0 Å². The molecule has 0 aliphatic carbocycles. The van der Waals surface area contributed by atoms with Crippen molar-refractivity contribution in [3.63, 3.8) is 0 Å². The molecule has 3 heteroatoms. The minimum Gasteiger partial charge on any atom is -0.268 e. The molecule has 2 nitrogen and oxygen atoms in total. The summed E-state index contributed by atoms with van der Waals surface area (Å²) in [7, 11) is 0. The van der Waals surface area contributed by atoms with Gasteiger partial charge in [0.05, 0.1) is 12.7 Å². The molecule has 1 aromatic heterocycles. The number of aromatic nitrogens is 2. The summed E-state index contributed by atoms with van der Waals surface area (Å²) in [5.41, 5.74) is 6.37. The second kappa shape index (κ2) is 6.02. The zero-order valence-electron chi connectivity index (χ0n) is 12.2. The van der Waals surface area contributed by atoms with Crippen LogP contribution in [0.4, 0.5) is 0 Å². The highest BCUT2D eigenvalue weighted by molar-refractivity contribution is 14.1. The van der Waals surface area contributed by atoms with Crippen LogP contribution in [0.25, 0.3) is 11.1 Å². The van der Waals surface area contributed by atoms with E-state index in [1.807, 2.05) is 10.9 Å². The van der Waals surface area contributed by atoms with Crippen LogP contribution < -0.4 is 0 Å². The van der Waals surface area contributed by atoms with Crippen LogP contribution in [0.3, 0.4) is 0 Å². The maximum absolute atomic E-state index is 4.51. The largest absolute Gasteiger partial charge is 0.268 e. The van der Waals surface area contributed by atoms with Gasteiger partial charge < -0.3 is 0 Å². The number of nitrogens with zero attached hydrogens (tertiary/aromatic N) is 2.